The third-order valence-electron chi connectivity index (χ3n) is 2.44. The van der Waals surface area contributed by atoms with E-state index < -0.39 is 11.7 Å². The minimum absolute atomic E-state index is 0.154. The zero-order valence-corrected chi connectivity index (χ0v) is 11.0. The quantitative estimate of drug-likeness (QED) is 0.680. The van der Waals surface area contributed by atoms with E-state index in [-0.39, 0.29) is 36.6 Å². The van der Waals surface area contributed by atoms with Crippen molar-refractivity contribution in [2.75, 3.05) is 20.2 Å². The predicted octanol–water partition coefficient (Wildman–Crippen LogP) is 0.0354. The summed E-state index contributed by atoms with van der Waals surface area (Å²) in [5, 5.41) is 13.6. The van der Waals surface area contributed by atoms with E-state index in [0.717, 1.165) is 12.1 Å². The summed E-state index contributed by atoms with van der Waals surface area (Å²) in [5.74, 6) is 3.72. The lowest BCUT2D eigenvalue weighted by molar-refractivity contribution is -0.120. The highest BCUT2D eigenvalue weighted by Gasteiger charge is 2.11. The molecule has 2 amide bonds. The van der Waals surface area contributed by atoms with Crippen molar-refractivity contribution in [3.8, 4) is 11.8 Å². The lowest BCUT2D eigenvalue weighted by atomic mass is 10.1. The van der Waals surface area contributed by atoms with E-state index in [1.807, 2.05) is 0 Å². The Kier molecular flexibility index (Phi) is 6.20. The fraction of sp³-hybridized carbons (Fsp3) is 0.286. The van der Waals surface area contributed by atoms with Gasteiger partial charge in [0, 0.05) is 25.6 Å². The molecule has 1 aromatic carbocycles. The molecule has 6 heteroatoms. The minimum Gasteiger partial charge on any atom is -0.384 e. The van der Waals surface area contributed by atoms with Gasteiger partial charge in [-0.2, -0.15) is 0 Å². The molecule has 0 aliphatic rings. The number of rotatable bonds is 4. The molecule has 0 radical (unpaired) electrons. The van der Waals surface area contributed by atoms with Gasteiger partial charge in [0.05, 0.1) is 5.56 Å². The molecule has 0 aliphatic heterocycles. The average molecular weight is 278 g/mol. The first-order valence-electron chi connectivity index (χ1n) is 5.96. The van der Waals surface area contributed by atoms with Gasteiger partial charge in [-0.25, -0.2) is 4.39 Å². The van der Waals surface area contributed by atoms with E-state index in [1.165, 1.54) is 13.1 Å². The van der Waals surface area contributed by atoms with Gasteiger partial charge in [-0.05, 0) is 18.2 Å². The number of hydrogen-bond acceptors (Lipinski definition) is 3. The molecule has 0 heterocycles. The Morgan fingerprint density at radius 2 is 2.15 bits per heavy atom. The van der Waals surface area contributed by atoms with Crippen molar-refractivity contribution < 1.29 is 19.1 Å². The number of benzene rings is 1. The van der Waals surface area contributed by atoms with Gasteiger partial charge in [0.1, 0.15) is 12.4 Å². The van der Waals surface area contributed by atoms with Gasteiger partial charge in [-0.1, -0.05) is 11.8 Å². The molecule has 0 aliphatic carbocycles. The monoisotopic (exact) mass is 278 g/mol. The number of aliphatic hydroxyl groups is 1. The van der Waals surface area contributed by atoms with E-state index in [0.29, 0.717) is 0 Å². The van der Waals surface area contributed by atoms with Crippen molar-refractivity contribution in [2.45, 2.75) is 6.42 Å². The van der Waals surface area contributed by atoms with E-state index in [1.54, 1.807) is 0 Å². The van der Waals surface area contributed by atoms with Crippen molar-refractivity contribution in [1.82, 2.24) is 10.6 Å². The van der Waals surface area contributed by atoms with Gasteiger partial charge in [-0.15, -0.1) is 0 Å². The van der Waals surface area contributed by atoms with E-state index in [9.17, 15) is 14.0 Å². The van der Waals surface area contributed by atoms with Gasteiger partial charge >= 0.3 is 0 Å². The van der Waals surface area contributed by atoms with Crippen LogP contribution < -0.4 is 10.6 Å². The third kappa shape index (κ3) is 4.71. The number of nitrogens with one attached hydrogen (secondary N) is 2. The molecule has 0 fully saturated rings. The molecule has 0 aromatic heterocycles. The number of halogens is 1. The summed E-state index contributed by atoms with van der Waals surface area (Å²) in [5.41, 5.74) is 0.390. The summed E-state index contributed by atoms with van der Waals surface area (Å²) in [6.45, 7) is -0.211. The summed E-state index contributed by atoms with van der Waals surface area (Å²) in [6.07, 6.45) is 0.154. The SMILES string of the molecule is CNC(=O)CCNC(=O)c1ccc(F)cc1C#CCO. The molecule has 1 rings (SSSR count). The van der Waals surface area contributed by atoms with Crippen molar-refractivity contribution in [1.29, 1.82) is 0 Å². The predicted molar refractivity (Wildman–Crippen MR) is 71.4 cm³/mol. The number of aliphatic hydroxyl groups excluding tert-OH is 1. The number of carbonyl (C=O) groups excluding carboxylic acids is 2. The highest BCUT2D eigenvalue weighted by atomic mass is 19.1. The van der Waals surface area contributed by atoms with Gasteiger partial charge < -0.3 is 15.7 Å². The van der Waals surface area contributed by atoms with Crippen LogP contribution in [0.4, 0.5) is 4.39 Å². The Labute approximate surface area is 116 Å². The van der Waals surface area contributed by atoms with Crippen LogP contribution in [0.15, 0.2) is 18.2 Å². The summed E-state index contributed by atoms with van der Waals surface area (Å²) in [6, 6.07) is 3.58. The summed E-state index contributed by atoms with van der Waals surface area (Å²) < 4.78 is 13.1. The van der Waals surface area contributed by atoms with Crippen LogP contribution in [0.25, 0.3) is 0 Å². The molecule has 0 spiro atoms. The number of amides is 2. The second kappa shape index (κ2) is 7.92. The first kappa shape index (κ1) is 15.7. The third-order valence-corrected chi connectivity index (χ3v) is 2.44. The van der Waals surface area contributed by atoms with E-state index >= 15 is 0 Å². The normalized spacial score (nSPS) is 9.35. The molecule has 3 N–H and O–H groups in total. The fourth-order valence-corrected chi connectivity index (χ4v) is 1.46. The Hall–Kier alpha value is -2.39. The highest BCUT2D eigenvalue weighted by molar-refractivity contribution is 5.96. The van der Waals surface area contributed by atoms with Gasteiger partial charge in [0.25, 0.3) is 5.91 Å². The average Bonchev–Trinajstić information content (AvgIpc) is 2.44. The molecule has 20 heavy (non-hydrogen) atoms. The largest absolute Gasteiger partial charge is 0.384 e. The van der Waals surface area contributed by atoms with Crippen LogP contribution in [0.1, 0.15) is 22.3 Å². The first-order valence-corrected chi connectivity index (χ1v) is 5.96. The second-order valence-corrected chi connectivity index (χ2v) is 3.83. The summed E-state index contributed by atoms with van der Waals surface area (Å²) in [7, 11) is 1.51. The lowest BCUT2D eigenvalue weighted by Crippen LogP contribution is -2.29. The Morgan fingerprint density at radius 3 is 2.80 bits per heavy atom. The summed E-state index contributed by atoms with van der Waals surface area (Å²) >= 11 is 0. The van der Waals surface area contributed by atoms with Crippen LogP contribution in [0.2, 0.25) is 0 Å². The topological polar surface area (TPSA) is 78.4 Å². The zero-order valence-electron chi connectivity index (χ0n) is 11.0. The van der Waals surface area contributed by atoms with Gasteiger partial charge in [0.2, 0.25) is 5.91 Å². The standard InChI is InChI=1S/C14H15FN2O3/c1-16-13(19)6-7-17-14(20)12-5-4-11(15)9-10(12)3-2-8-18/h4-5,9,18H,6-8H2,1H3,(H,16,19)(H,17,20). The fourth-order valence-electron chi connectivity index (χ4n) is 1.46. The molecule has 0 atom stereocenters. The van der Waals surface area contributed by atoms with E-state index in [2.05, 4.69) is 22.5 Å². The maximum Gasteiger partial charge on any atom is 0.252 e. The summed E-state index contributed by atoms with van der Waals surface area (Å²) in [4.78, 5) is 22.9. The molecular formula is C14H15FN2O3. The molecule has 5 nitrogen and oxygen atoms in total. The molecule has 0 unspecified atom stereocenters. The van der Waals surface area contributed by atoms with Crippen LogP contribution in [-0.4, -0.2) is 37.1 Å². The van der Waals surface area contributed by atoms with E-state index in [4.69, 9.17) is 5.11 Å². The Morgan fingerprint density at radius 1 is 1.40 bits per heavy atom. The van der Waals surface area contributed by atoms with Crippen molar-refractivity contribution in [3.63, 3.8) is 0 Å². The smallest absolute Gasteiger partial charge is 0.252 e. The number of hydrogen-bond donors (Lipinski definition) is 3. The molecule has 0 saturated heterocycles. The molecule has 0 saturated carbocycles. The molecule has 106 valence electrons. The highest BCUT2D eigenvalue weighted by Crippen LogP contribution is 2.10. The Balaban J connectivity index is 2.79. The molecule has 1 aromatic rings. The maximum absolute atomic E-state index is 13.1. The minimum atomic E-state index is -0.519. The van der Waals surface area contributed by atoms with Crippen LogP contribution >= 0.6 is 0 Å². The number of carbonyl (C=O) groups is 2. The van der Waals surface area contributed by atoms with Crippen LogP contribution in [0.3, 0.4) is 0 Å². The second-order valence-electron chi connectivity index (χ2n) is 3.83. The van der Waals surface area contributed by atoms with Gasteiger partial charge in [-0.3, -0.25) is 9.59 Å². The lowest BCUT2D eigenvalue weighted by Gasteiger charge is -2.07. The Bertz CT molecular complexity index is 561. The molecule has 0 bridgehead atoms. The van der Waals surface area contributed by atoms with Gasteiger partial charge in [0.15, 0.2) is 0 Å². The molecular weight excluding hydrogens is 263 g/mol. The van der Waals surface area contributed by atoms with Crippen LogP contribution in [0, 0.1) is 17.7 Å². The maximum atomic E-state index is 13.1. The van der Waals surface area contributed by atoms with Crippen molar-refractivity contribution in [2.24, 2.45) is 0 Å². The first-order chi connectivity index (χ1) is 9.58. The van der Waals surface area contributed by atoms with Crippen molar-refractivity contribution in [3.05, 3.63) is 35.1 Å². The van der Waals surface area contributed by atoms with Crippen molar-refractivity contribution >= 4 is 11.8 Å². The van der Waals surface area contributed by atoms with Crippen LogP contribution in [-0.2, 0) is 4.79 Å². The zero-order chi connectivity index (χ0) is 15.0. The van der Waals surface area contributed by atoms with Crippen LogP contribution in [0.5, 0.6) is 0 Å².